The summed E-state index contributed by atoms with van der Waals surface area (Å²) in [6.45, 7) is 0.645. The van der Waals surface area contributed by atoms with Gasteiger partial charge in [-0.05, 0) is 30.0 Å². The fraction of sp³-hybridized carbons (Fsp3) is 0.269. The fourth-order valence-electron chi connectivity index (χ4n) is 4.48. The van der Waals surface area contributed by atoms with Crippen LogP contribution in [0.3, 0.4) is 0 Å². The molecule has 5 heteroatoms. The molecule has 2 heterocycles. The van der Waals surface area contributed by atoms with Gasteiger partial charge in [-0.3, -0.25) is 9.36 Å². The van der Waals surface area contributed by atoms with E-state index >= 15 is 0 Å². The maximum absolute atomic E-state index is 13.5. The van der Waals surface area contributed by atoms with Gasteiger partial charge in [-0.25, -0.2) is 4.98 Å². The van der Waals surface area contributed by atoms with Crippen molar-refractivity contribution in [1.29, 1.82) is 0 Å². The van der Waals surface area contributed by atoms with Crippen molar-refractivity contribution in [2.45, 2.75) is 44.7 Å². The van der Waals surface area contributed by atoms with Crippen LogP contribution in [0.25, 0.3) is 11.0 Å². The summed E-state index contributed by atoms with van der Waals surface area (Å²) in [7, 11) is 0. The highest BCUT2D eigenvalue weighted by Crippen LogP contribution is 2.31. The number of benzene rings is 2. The van der Waals surface area contributed by atoms with Crippen LogP contribution in [0.4, 0.5) is 5.95 Å². The summed E-state index contributed by atoms with van der Waals surface area (Å²) in [4.78, 5) is 22.9. The van der Waals surface area contributed by atoms with Crippen LogP contribution >= 0.6 is 0 Å². The second-order valence-electron chi connectivity index (χ2n) is 8.26. The molecular weight excluding hydrogens is 384 g/mol. The van der Waals surface area contributed by atoms with E-state index in [2.05, 4.69) is 34.6 Å². The molecule has 5 nitrogen and oxygen atoms in total. The molecule has 1 saturated carbocycles. The second-order valence-corrected chi connectivity index (χ2v) is 8.26. The van der Waals surface area contributed by atoms with Crippen LogP contribution in [0, 0.1) is 0 Å². The van der Waals surface area contributed by atoms with Crippen molar-refractivity contribution >= 4 is 17.0 Å². The summed E-state index contributed by atoms with van der Waals surface area (Å²) in [5.74, 6) is 0.554. The number of nitrogens with zero attached hydrogens (tertiary/aromatic N) is 3. The monoisotopic (exact) mass is 410 g/mol. The molecule has 0 amide bonds. The van der Waals surface area contributed by atoms with Crippen molar-refractivity contribution in [3.8, 4) is 0 Å². The van der Waals surface area contributed by atoms with Crippen LogP contribution in [0.5, 0.6) is 0 Å². The van der Waals surface area contributed by atoms with Gasteiger partial charge in [-0.15, -0.1) is 0 Å². The van der Waals surface area contributed by atoms with Gasteiger partial charge < -0.3 is 5.32 Å². The Morgan fingerprint density at radius 1 is 0.935 bits per heavy atom. The molecule has 31 heavy (non-hydrogen) atoms. The molecule has 0 bridgehead atoms. The third kappa shape index (κ3) is 4.22. The number of pyridine rings is 1. The van der Waals surface area contributed by atoms with Crippen LogP contribution in [-0.2, 0) is 13.0 Å². The summed E-state index contributed by atoms with van der Waals surface area (Å²) in [5, 5.41) is 4.23. The van der Waals surface area contributed by atoms with Gasteiger partial charge in [0.15, 0.2) is 0 Å². The minimum absolute atomic E-state index is 0.0796. The van der Waals surface area contributed by atoms with Gasteiger partial charge in [0.05, 0.1) is 0 Å². The molecule has 1 fully saturated rings. The lowest BCUT2D eigenvalue weighted by Crippen LogP contribution is -2.28. The van der Waals surface area contributed by atoms with Gasteiger partial charge in [0.1, 0.15) is 5.65 Å². The van der Waals surface area contributed by atoms with Crippen LogP contribution in [0.2, 0.25) is 0 Å². The van der Waals surface area contributed by atoms with E-state index in [1.54, 1.807) is 0 Å². The Labute approximate surface area is 181 Å². The molecule has 156 valence electrons. The van der Waals surface area contributed by atoms with Crippen molar-refractivity contribution in [2.24, 2.45) is 0 Å². The topological polar surface area (TPSA) is 59.8 Å². The molecule has 1 N–H and O–H groups in total. The largest absolute Gasteiger partial charge is 0.350 e. The lowest BCUT2D eigenvalue weighted by Gasteiger charge is -2.18. The van der Waals surface area contributed by atoms with Crippen LogP contribution < -0.4 is 10.9 Å². The predicted octanol–water partition coefficient (Wildman–Crippen LogP) is 5.11. The number of fused-ring (bicyclic) bond motifs is 1. The smallest absolute Gasteiger partial charge is 0.256 e. The molecule has 0 atom stereocenters. The van der Waals surface area contributed by atoms with Crippen LogP contribution in [0.1, 0.15) is 48.4 Å². The molecule has 0 unspecified atom stereocenters. The van der Waals surface area contributed by atoms with Gasteiger partial charge in [0.25, 0.3) is 5.56 Å². The molecule has 0 radical (unpaired) electrons. The summed E-state index contributed by atoms with van der Waals surface area (Å²) in [6, 6.07) is 22.5. The fourth-order valence-corrected chi connectivity index (χ4v) is 4.48. The highest BCUT2D eigenvalue weighted by molar-refractivity contribution is 5.76. The minimum Gasteiger partial charge on any atom is -0.350 e. The number of rotatable bonds is 6. The lowest BCUT2D eigenvalue weighted by atomic mass is 10.0. The van der Waals surface area contributed by atoms with Gasteiger partial charge in [-0.1, -0.05) is 73.5 Å². The number of anilines is 1. The molecule has 0 saturated heterocycles. The first kappa shape index (κ1) is 19.5. The van der Waals surface area contributed by atoms with Crippen molar-refractivity contribution in [3.63, 3.8) is 0 Å². The normalized spacial score (nSPS) is 14.2. The Bertz CT molecular complexity index is 1230. The van der Waals surface area contributed by atoms with E-state index < -0.39 is 0 Å². The van der Waals surface area contributed by atoms with Crippen molar-refractivity contribution in [3.05, 3.63) is 100.0 Å². The van der Waals surface area contributed by atoms with E-state index in [0.29, 0.717) is 18.9 Å². The maximum Gasteiger partial charge on any atom is 0.256 e. The average molecular weight is 411 g/mol. The maximum atomic E-state index is 13.5. The molecule has 1 aliphatic carbocycles. The molecule has 5 rings (SSSR count). The third-order valence-corrected chi connectivity index (χ3v) is 6.07. The number of aromatic nitrogens is 3. The van der Waals surface area contributed by atoms with E-state index in [-0.39, 0.29) is 11.6 Å². The van der Waals surface area contributed by atoms with E-state index in [0.717, 1.165) is 53.4 Å². The SMILES string of the molecule is O=c1c(Cc2ccccc2)cc2cnc(NCc3ccccc3)nc2n1C1CCCC1. The van der Waals surface area contributed by atoms with Gasteiger partial charge in [0.2, 0.25) is 5.95 Å². The van der Waals surface area contributed by atoms with E-state index in [1.807, 2.05) is 53.2 Å². The van der Waals surface area contributed by atoms with Crippen molar-refractivity contribution < 1.29 is 0 Å². The minimum atomic E-state index is 0.0796. The van der Waals surface area contributed by atoms with E-state index in [1.165, 1.54) is 0 Å². The third-order valence-electron chi connectivity index (χ3n) is 6.07. The number of hydrogen-bond acceptors (Lipinski definition) is 4. The zero-order valence-corrected chi connectivity index (χ0v) is 17.5. The average Bonchev–Trinajstić information content (AvgIpc) is 3.34. The van der Waals surface area contributed by atoms with E-state index in [4.69, 9.17) is 4.98 Å². The van der Waals surface area contributed by atoms with E-state index in [9.17, 15) is 4.79 Å². The van der Waals surface area contributed by atoms with Crippen molar-refractivity contribution in [1.82, 2.24) is 14.5 Å². The molecule has 2 aromatic carbocycles. The van der Waals surface area contributed by atoms with Gasteiger partial charge in [0, 0.05) is 36.2 Å². The summed E-state index contributed by atoms with van der Waals surface area (Å²) >= 11 is 0. The first-order valence-electron chi connectivity index (χ1n) is 11.0. The van der Waals surface area contributed by atoms with Gasteiger partial charge >= 0.3 is 0 Å². The lowest BCUT2D eigenvalue weighted by molar-refractivity contribution is 0.513. The standard InChI is InChI=1S/C26H26N4O/c31-25-21(15-19-9-3-1-4-10-19)16-22-18-28-26(27-17-20-11-5-2-6-12-20)29-24(22)30(25)23-13-7-8-14-23/h1-6,9-12,16,18,23H,7-8,13-15,17H2,(H,27,28,29). The van der Waals surface area contributed by atoms with Crippen LogP contribution in [0.15, 0.2) is 77.7 Å². The zero-order chi connectivity index (χ0) is 21.0. The first-order chi connectivity index (χ1) is 15.3. The molecule has 0 spiro atoms. The van der Waals surface area contributed by atoms with Crippen LogP contribution in [-0.4, -0.2) is 14.5 Å². The first-order valence-corrected chi connectivity index (χ1v) is 11.0. The molecule has 4 aromatic rings. The Kier molecular flexibility index (Phi) is 5.48. The summed E-state index contributed by atoms with van der Waals surface area (Å²) in [5.41, 5.74) is 3.92. The Balaban J connectivity index is 1.54. The summed E-state index contributed by atoms with van der Waals surface area (Å²) < 4.78 is 1.94. The Morgan fingerprint density at radius 2 is 1.61 bits per heavy atom. The number of hydrogen-bond donors (Lipinski definition) is 1. The highest BCUT2D eigenvalue weighted by Gasteiger charge is 2.22. The quantitative estimate of drug-likeness (QED) is 0.480. The molecule has 2 aromatic heterocycles. The zero-order valence-electron chi connectivity index (χ0n) is 17.5. The molecule has 1 aliphatic rings. The van der Waals surface area contributed by atoms with Gasteiger partial charge in [-0.2, -0.15) is 4.98 Å². The summed E-state index contributed by atoms with van der Waals surface area (Å²) in [6.07, 6.45) is 6.84. The molecule has 0 aliphatic heterocycles. The van der Waals surface area contributed by atoms with Crippen molar-refractivity contribution in [2.75, 3.05) is 5.32 Å². The second kappa shape index (κ2) is 8.72. The number of nitrogens with one attached hydrogen (secondary N) is 1. The highest BCUT2D eigenvalue weighted by atomic mass is 16.1. The predicted molar refractivity (Wildman–Crippen MR) is 124 cm³/mol. The Hall–Kier alpha value is -3.47. The molecular formula is C26H26N4O. The Morgan fingerprint density at radius 3 is 2.32 bits per heavy atom.